The third-order valence-corrected chi connectivity index (χ3v) is 1.28. The number of allylic oxidation sites excluding steroid dienone is 1. The Bertz CT molecular complexity index is 333. The molecule has 0 bridgehead atoms. The molecule has 3 nitrogen and oxygen atoms in total. The van der Waals surface area contributed by atoms with Crippen LogP contribution in [0.5, 0.6) is 0 Å². The molecule has 0 fully saturated rings. The second-order valence-electron chi connectivity index (χ2n) is 2.10. The number of pyridine rings is 1. The number of hydrogen-bond donors (Lipinski definition) is 0. The van der Waals surface area contributed by atoms with E-state index in [4.69, 9.17) is 5.26 Å². The van der Waals surface area contributed by atoms with Gasteiger partial charge in [-0.25, -0.2) is 0 Å². The summed E-state index contributed by atoms with van der Waals surface area (Å²) in [6.45, 7) is 0. The summed E-state index contributed by atoms with van der Waals surface area (Å²) in [4.78, 5) is 14.0. The van der Waals surface area contributed by atoms with Gasteiger partial charge in [-0.15, -0.1) is 0 Å². The molecule has 12 heavy (non-hydrogen) atoms. The zero-order valence-corrected chi connectivity index (χ0v) is 6.27. The molecule has 0 aliphatic carbocycles. The summed E-state index contributed by atoms with van der Waals surface area (Å²) in [7, 11) is 0. The van der Waals surface area contributed by atoms with Gasteiger partial charge in [0.05, 0.1) is 6.07 Å². The van der Waals surface area contributed by atoms with E-state index in [1.807, 2.05) is 6.07 Å². The molecule has 0 atom stereocenters. The van der Waals surface area contributed by atoms with Gasteiger partial charge in [0, 0.05) is 12.3 Å². The van der Waals surface area contributed by atoms with Crippen LogP contribution in [0.3, 0.4) is 0 Å². The van der Waals surface area contributed by atoms with Gasteiger partial charge < -0.3 is 0 Å². The van der Waals surface area contributed by atoms with Crippen molar-refractivity contribution in [3.8, 4) is 6.07 Å². The predicted octanol–water partition coefficient (Wildman–Crippen LogP) is 1.43. The molecule has 1 aromatic heterocycles. The average Bonchev–Trinajstić information content (AvgIpc) is 2.15. The van der Waals surface area contributed by atoms with Crippen molar-refractivity contribution in [2.24, 2.45) is 0 Å². The molecule has 0 spiro atoms. The van der Waals surface area contributed by atoms with Crippen LogP contribution in [0.4, 0.5) is 0 Å². The van der Waals surface area contributed by atoms with Gasteiger partial charge in [0.15, 0.2) is 6.29 Å². The average molecular weight is 158 g/mol. The minimum atomic E-state index is 0.393. The number of rotatable bonds is 2. The molecule has 0 saturated carbocycles. The molecule has 0 aliphatic rings. The number of aromatic nitrogens is 1. The molecule has 0 radical (unpaired) electrons. The van der Waals surface area contributed by atoms with Crippen LogP contribution in [0.2, 0.25) is 0 Å². The first kappa shape index (κ1) is 8.15. The van der Waals surface area contributed by atoms with Crippen molar-refractivity contribution in [2.45, 2.75) is 0 Å². The molecule has 0 amide bonds. The number of nitrogens with zero attached hydrogens (tertiary/aromatic N) is 2. The van der Waals surface area contributed by atoms with E-state index in [9.17, 15) is 4.79 Å². The second-order valence-corrected chi connectivity index (χ2v) is 2.10. The lowest BCUT2D eigenvalue weighted by molar-refractivity contribution is 0.111. The summed E-state index contributed by atoms with van der Waals surface area (Å²) in [5.41, 5.74) is 1.20. The standard InChI is InChI=1S/C9H6N2O/c10-5-1-2-8-3-4-9(7-12)11-6-8/h1-4,6-7H. The Morgan fingerprint density at radius 1 is 1.50 bits per heavy atom. The molecule has 1 rings (SSSR count). The number of hydrogen-bond acceptors (Lipinski definition) is 3. The van der Waals surface area contributed by atoms with Crippen molar-refractivity contribution in [3.63, 3.8) is 0 Å². The van der Waals surface area contributed by atoms with E-state index in [0.717, 1.165) is 5.56 Å². The van der Waals surface area contributed by atoms with Crippen LogP contribution in [0.15, 0.2) is 24.4 Å². The van der Waals surface area contributed by atoms with Crippen molar-refractivity contribution in [3.05, 3.63) is 35.7 Å². The first-order chi connectivity index (χ1) is 5.86. The fraction of sp³-hybridized carbons (Fsp3) is 0. The highest BCUT2D eigenvalue weighted by Gasteiger charge is 1.89. The summed E-state index contributed by atoms with van der Waals surface area (Å²) in [5, 5.41) is 8.21. The quantitative estimate of drug-likeness (QED) is 0.483. The molecule has 0 aromatic carbocycles. The predicted molar refractivity (Wildman–Crippen MR) is 44.3 cm³/mol. The van der Waals surface area contributed by atoms with E-state index in [0.29, 0.717) is 12.0 Å². The molecule has 1 heterocycles. The van der Waals surface area contributed by atoms with Crippen molar-refractivity contribution in [1.29, 1.82) is 5.26 Å². The Kier molecular flexibility index (Phi) is 2.74. The molecule has 0 saturated heterocycles. The van der Waals surface area contributed by atoms with Crippen molar-refractivity contribution >= 4 is 12.4 Å². The number of carbonyl (C=O) groups excluding carboxylic acids is 1. The Balaban J connectivity index is 2.86. The van der Waals surface area contributed by atoms with E-state index in [1.54, 1.807) is 18.2 Å². The molecule has 0 unspecified atom stereocenters. The Hall–Kier alpha value is -1.95. The molecular formula is C9H6N2O. The van der Waals surface area contributed by atoms with Crippen LogP contribution in [-0.2, 0) is 0 Å². The molecule has 0 aliphatic heterocycles. The summed E-state index contributed by atoms with van der Waals surface area (Å²) in [6, 6.07) is 5.19. The molecule has 3 heteroatoms. The van der Waals surface area contributed by atoms with E-state index < -0.39 is 0 Å². The maximum Gasteiger partial charge on any atom is 0.168 e. The first-order valence-electron chi connectivity index (χ1n) is 3.34. The Morgan fingerprint density at radius 3 is 2.83 bits per heavy atom. The molecule has 58 valence electrons. The third-order valence-electron chi connectivity index (χ3n) is 1.28. The van der Waals surface area contributed by atoms with Crippen LogP contribution < -0.4 is 0 Å². The molecule has 1 aromatic rings. The lowest BCUT2D eigenvalue weighted by Gasteiger charge is -1.90. The maximum absolute atomic E-state index is 10.2. The maximum atomic E-state index is 10.2. The van der Waals surface area contributed by atoms with E-state index in [1.165, 1.54) is 12.3 Å². The summed E-state index contributed by atoms with van der Waals surface area (Å²) >= 11 is 0. The lowest BCUT2D eigenvalue weighted by Crippen LogP contribution is -1.84. The van der Waals surface area contributed by atoms with E-state index >= 15 is 0 Å². The van der Waals surface area contributed by atoms with Gasteiger partial charge in [-0.1, -0.05) is 6.07 Å². The zero-order valence-electron chi connectivity index (χ0n) is 6.27. The van der Waals surface area contributed by atoms with Crippen LogP contribution in [0.1, 0.15) is 16.1 Å². The minimum Gasteiger partial charge on any atom is -0.296 e. The van der Waals surface area contributed by atoms with Gasteiger partial charge in [0.25, 0.3) is 0 Å². The minimum absolute atomic E-state index is 0.393. The number of carbonyl (C=O) groups is 1. The van der Waals surface area contributed by atoms with Crippen LogP contribution in [0.25, 0.3) is 6.08 Å². The normalized spacial score (nSPS) is 9.58. The monoisotopic (exact) mass is 158 g/mol. The van der Waals surface area contributed by atoms with Crippen molar-refractivity contribution in [2.75, 3.05) is 0 Å². The number of nitriles is 1. The SMILES string of the molecule is N#CC=Cc1ccc(C=O)nc1. The van der Waals surface area contributed by atoms with Crippen molar-refractivity contribution < 1.29 is 4.79 Å². The highest BCUT2D eigenvalue weighted by Crippen LogP contribution is 2.00. The molecule has 0 N–H and O–H groups in total. The fourth-order valence-electron chi connectivity index (χ4n) is 0.719. The lowest BCUT2D eigenvalue weighted by atomic mass is 10.2. The summed E-state index contributed by atoms with van der Waals surface area (Å²) < 4.78 is 0. The highest BCUT2D eigenvalue weighted by atomic mass is 16.1. The van der Waals surface area contributed by atoms with Gasteiger partial charge in [-0.3, -0.25) is 9.78 Å². The van der Waals surface area contributed by atoms with Gasteiger partial charge in [0.1, 0.15) is 5.69 Å². The van der Waals surface area contributed by atoms with Gasteiger partial charge in [-0.05, 0) is 17.7 Å². The fourth-order valence-corrected chi connectivity index (χ4v) is 0.719. The van der Waals surface area contributed by atoms with E-state index in [2.05, 4.69) is 4.98 Å². The topological polar surface area (TPSA) is 53.8 Å². The second kappa shape index (κ2) is 4.04. The molecular weight excluding hydrogens is 152 g/mol. The zero-order chi connectivity index (χ0) is 8.81. The van der Waals surface area contributed by atoms with E-state index in [-0.39, 0.29) is 0 Å². The van der Waals surface area contributed by atoms with Crippen LogP contribution in [-0.4, -0.2) is 11.3 Å². The Labute approximate surface area is 70.0 Å². The number of aldehydes is 1. The van der Waals surface area contributed by atoms with Crippen LogP contribution in [0, 0.1) is 11.3 Å². The van der Waals surface area contributed by atoms with Crippen LogP contribution >= 0.6 is 0 Å². The van der Waals surface area contributed by atoms with Crippen molar-refractivity contribution in [1.82, 2.24) is 4.98 Å². The first-order valence-corrected chi connectivity index (χ1v) is 3.34. The Morgan fingerprint density at radius 2 is 2.33 bits per heavy atom. The smallest absolute Gasteiger partial charge is 0.168 e. The van der Waals surface area contributed by atoms with Gasteiger partial charge in [0.2, 0.25) is 0 Å². The van der Waals surface area contributed by atoms with Gasteiger partial charge in [-0.2, -0.15) is 5.26 Å². The third kappa shape index (κ3) is 2.03. The van der Waals surface area contributed by atoms with Gasteiger partial charge >= 0.3 is 0 Å². The summed E-state index contributed by atoms with van der Waals surface area (Å²) in [5.74, 6) is 0. The summed E-state index contributed by atoms with van der Waals surface area (Å²) in [6.07, 6.45) is 5.20. The highest BCUT2D eigenvalue weighted by molar-refractivity contribution is 5.72. The largest absolute Gasteiger partial charge is 0.296 e.